The number of hydrogen-bond acceptors (Lipinski definition) is 3. The van der Waals surface area contributed by atoms with Crippen LogP contribution < -0.4 is 0 Å². The Hall–Kier alpha value is -2.90. The first kappa shape index (κ1) is 16.3. The molecule has 1 aliphatic carbocycles. The molecule has 1 aliphatic rings. The molecular formula is C19H16F3N5. The standard InChI is InChI=1S/C19H16F3N5/c1-27-9-13(18(26-27)19(20,21)22)17-11-5-3-2-4-10(11)16-12-8-23-25-14(12)6-7-15(16)24-17/h6-9H,2-5H2,1H3,(H,23,25). The summed E-state index contributed by atoms with van der Waals surface area (Å²) < 4.78 is 41.8. The maximum absolute atomic E-state index is 13.5. The lowest BCUT2D eigenvalue weighted by molar-refractivity contribution is -0.141. The molecule has 0 fully saturated rings. The number of pyridine rings is 1. The highest BCUT2D eigenvalue weighted by atomic mass is 19.4. The van der Waals surface area contributed by atoms with E-state index in [4.69, 9.17) is 0 Å². The van der Waals surface area contributed by atoms with Crippen molar-refractivity contribution in [3.05, 3.63) is 41.3 Å². The number of nitrogens with zero attached hydrogens (tertiary/aromatic N) is 4. The number of rotatable bonds is 1. The number of aromatic amines is 1. The molecule has 3 aromatic heterocycles. The van der Waals surface area contributed by atoms with Crippen molar-refractivity contribution in [1.82, 2.24) is 25.0 Å². The fourth-order valence-electron chi connectivity index (χ4n) is 4.14. The van der Waals surface area contributed by atoms with Gasteiger partial charge in [0.2, 0.25) is 0 Å². The number of halogens is 3. The Balaban J connectivity index is 1.88. The molecular weight excluding hydrogens is 355 g/mol. The zero-order valence-electron chi connectivity index (χ0n) is 14.6. The van der Waals surface area contributed by atoms with Gasteiger partial charge in [-0.05, 0) is 48.9 Å². The number of H-pyrrole nitrogens is 1. The van der Waals surface area contributed by atoms with E-state index < -0.39 is 11.9 Å². The van der Waals surface area contributed by atoms with E-state index in [9.17, 15) is 13.2 Å². The summed E-state index contributed by atoms with van der Waals surface area (Å²) in [5.41, 5.74) is 3.16. The van der Waals surface area contributed by atoms with Gasteiger partial charge in [0.05, 0.1) is 28.5 Å². The van der Waals surface area contributed by atoms with Crippen LogP contribution in [0.1, 0.15) is 29.7 Å². The lowest BCUT2D eigenvalue weighted by atomic mass is 9.85. The van der Waals surface area contributed by atoms with E-state index in [1.54, 1.807) is 6.20 Å². The van der Waals surface area contributed by atoms with Crippen molar-refractivity contribution in [3.63, 3.8) is 0 Å². The van der Waals surface area contributed by atoms with Gasteiger partial charge in [-0.15, -0.1) is 0 Å². The Morgan fingerprint density at radius 2 is 1.89 bits per heavy atom. The van der Waals surface area contributed by atoms with E-state index >= 15 is 0 Å². The lowest BCUT2D eigenvalue weighted by Gasteiger charge is -2.21. The van der Waals surface area contributed by atoms with Gasteiger partial charge in [-0.25, -0.2) is 4.98 Å². The fourth-order valence-corrected chi connectivity index (χ4v) is 4.14. The minimum absolute atomic E-state index is 0.0531. The highest BCUT2D eigenvalue weighted by Gasteiger charge is 2.38. The number of fused-ring (bicyclic) bond motifs is 5. The number of hydrogen-bond donors (Lipinski definition) is 1. The summed E-state index contributed by atoms with van der Waals surface area (Å²) in [5.74, 6) is 0. The monoisotopic (exact) mass is 371 g/mol. The van der Waals surface area contributed by atoms with Crippen LogP contribution in [0.25, 0.3) is 33.1 Å². The van der Waals surface area contributed by atoms with Crippen molar-refractivity contribution >= 4 is 21.8 Å². The van der Waals surface area contributed by atoms with Crippen molar-refractivity contribution in [2.75, 3.05) is 0 Å². The normalized spacial score (nSPS) is 14.8. The minimum atomic E-state index is -4.52. The van der Waals surface area contributed by atoms with Gasteiger partial charge < -0.3 is 0 Å². The van der Waals surface area contributed by atoms with Gasteiger partial charge in [0.1, 0.15) is 0 Å². The molecule has 0 saturated carbocycles. The summed E-state index contributed by atoms with van der Waals surface area (Å²) in [4.78, 5) is 4.68. The predicted octanol–water partition coefficient (Wildman–Crippen LogP) is 4.41. The van der Waals surface area contributed by atoms with Gasteiger partial charge in [0.25, 0.3) is 0 Å². The van der Waals surface area contributed by atoms with Crippen LogP contribution in [-0.4, -0.2) is 25.0 Å². The zero-order valence-corrected chi connectivity index (χ0v) is 14.6. The van der Waals surface area contributed by atoms with Crippen LogP contribution in [0.15, 0.2) is 24.5 Å². The van der Waals surface area contributed by atoms with Crippen LogP contribution in [-0.2, 0) is 26.1 Å². The Kier molecular flexibility index (Phi) is 3.35. The maximum Gasteiger partial charge on any atom is 0.435 e. The summed E-state index contributed by atoms with van der Waals surface area (Å²) in [7, 11) is 1.50. The Bertz CT molecular complexity index is 1190. The molecule has 0 aliphatic heterocycles. The fraction of sp³-hybridized carbons (Fsp3) is 0.316. The molecule has 1 aromatic carbocycles. The average Bonchev–Trinajstić information content (AvgIpc) is 3.26. The molecule has 138 valence electrons. The van der Waals surface area contributed by atoms with E-state index in [0.29, 0.717) is 17.6 Å². The van der Waals surface area contributed by atoms with E-state index in [2.05, 4.69) is 20.3 Å². The van der Waals surface area contributed by atoms with Crippen LogP contribution in [0.5, 0.6) is 0 Å². The smallest absolute Gasteiger partial charge is 0.278 e. The second-order valence-electron chi connectivity index (χ2n) is 6.98. The first-order valence-electron chi connectivity index (χ1n) is 8.82. The number of aryl methyl sites for hydroxylation is 2. The van der Waals surface area contributed by atoms with Gasteiger partial charge in [-0.3, -0.25) is 9.78 Å². The quantitative estimate of drug-likeness (QED) is 0.539. The van der Waals surface area contributed by atoms with Crippen LogP contribution in [0.3, 0.4) is 0 Å². The van der Waals surface area contributed by atoms with Gasteiger partial charge in [-0.1, -0.05) is 0 Å². The second-order valence-corrected chi connectivity index (χ2v) is 6.98. The third-order valence-corrected chi connectivity index (χ3v) is 5.24. The molecule has 0 bridgehead atoms. The van der Waals surface area contributed by atoms with Crippen molar-refractivity contribution in [2.24, 2.45) is 7.05 Å². The summed E-state index contributed by atoms with van der Waals surface area (Å²) in [5, 5.41) is 12.7. The second kappa shape index (κ2) is 5.55. The van der Waals surface area contributed by atoms with Crippen LogP contribution in [0, 0.1) is 0 Å². The molecule has 0 radical (unpaired) electrons. The first-order valence-corrected chi connectivity index (χ1v) is 8.82. The summed E-state index contributed by atoms with van der Waals surface area (Å²) in [6, 6.07) is 3.71. The molecule has 5 nitrogen and oxygen atoms in total. The Labute approximate surface area is 152 Å². The SMILES string of the molecule is Cn1cc(-c2nc3ccc4[nH]ncc4c3c3c2CCCC3)c(C(F)(F)F)n1. The maximum atomic E-state index is 13.5. The van der Waals surface area contributed by atoms with E-state index in [-0.39, 0.29) is 5.56 Å². The average molecular weight is 371 g/mol. The van der Waals surface area contributed by atoms with Crippen LogP contribution >= 0.6 is 0 Å². The third-order valence-electron chi connectivity index (χ3n) is 5.24. The lowest BCUT2D eigenvalue weighted by Crippen LogP contribution is -2.11. The molecule has 4 aromatic rings. The molecule has 3 heterocycles. The summed E-state index contributed by atoms with van der Waals surface area (Å²) in [6.45, 7) is 0. The molecule has 0 amide bonds. The first-order chi connectivity index (χ1) is 12.9. The van der Waals surface area contributed by atoms with Crippen LogP contribution in [0.2, 0.25) is 0 Å². The van der Waals surface area contributed by atoms with E-state index in [0.717, 1.165) is 46.7 Å². The van der Waals surface area contributed by atoms with Gasteiger partial charge in [-0.2, -0.15) is 23.4 Å². The van der Waals surface area contributed by atoms with Gasteiger partial charge in [0.15, 0.2) is 5.69 Å². The number of aromatic nitrogens is 5. The number of alkyl halides is 3. The summed E-state index contributed by atoms with van der Waals surface area (Å²) >= 11 is 0. The van der Waals surface area contributed by atoms with Gasteiger partial charge in [0, 0.05) is 24.0 Å². The molecule has 0 spiro atoms. The number of nitrogens with one attached hydrogen (secondary N) is 1. The molecule has 5 rings (SSSR count). The highest BCUT2D eigenvalue weighted by Crippen LogP contribution is 2.41. The van der Waals surface area contributed by atoms with Crippen molar-refractivity contribution in [3.8, 4) is 11.3 Å². The van der Waals surface area contributed by atoms with Crippen molar-refractivity contribution in [2.45, 2.75) is 31.9 Å². The topological polar surface area (TPSA) is 59.4 Å². The third kappa shape index (κ3) is 2.43. The van der Waals surface area contributed by atoms with Crippen molar-refractivity contribution in [1.29, 1.82) is 0 Å². The van der Waals surface area contributed by atoms with Crippen molar-refractivity contribution < 1.29 is 13.2 Å². The van der Waals surface area contributed by atoms with Crippen LogP contribution in [0.4, 0.5) is 13.2 Å². The Morgan fingerprint density at radius 1 is 1.11 bits per heavy atom. The van der Waals surface area contributed by atoms with E-state index in [1.807, 2.05) is 12.1 Å². The molecule has 0 saturated heterocycles. The minimum Gasteiger partial charge on any atom is -0.278 e. The summed E-state index contributed by atoms with van der Waals surface area (Å²) in [6.07, 6.45) is 2.15. The van der Waals surface area contributed by atoms with E-state index in [1.165, 1.54) is 17.9 Å². The predicted molar refractivity (Wildman–Crippen MR) is 95.2 cm³/mol. The Morgan fingerprint density at radius 3 is 2.67 bits per heavy atom. The molecule has 27 heavy (non-hydrogen) atoms. The van der Waals surface area contributed by atoms with Gasteiger partial charge >= 0.3 is 6.18 Å². The molecule has 0 atom stereocenters. The molecule has 0 unspecified atom stereocenters. The zero-order chi connectivity index (χ0) is 18.8. The largest absolute Gasteiger partial charge is 0.435 e. The molecule has 1 N–H and O–H groups in total. The highest BCUT2D eigenvalue weighted by molar-refractivity contribution is 6.07. The molecule has 8 heteroatoms. The number of benzene rings is 1.